The predicted octanol–water partition coefficient (Wildman–Crippen LogP) is 0.227. The lowest BCUT2D eigenvalue weighted by atomic mass is 11.8. The molecule has 0 aromatic carbocycles. The minimum Gasteiger partial charge on any atom is -1.00 e. The second-order valence-corrected chi connectivity index (χ2v) is 8.09. The number of halogens is 4. The first kappa shape index (κ1) is 13.2. The summed E-state index contributed by atoms with van der Waals surface area (Å²) in [6.07, 6.45) is 0. The van der Waals surface area contributed by atoms with E-state index in [1.807, 2.05) is 0 Å². The molecule has 58 valence electrons. The molecular weight excluding hydrogens is 221 g/mol. The van der Waals surface area contributed by atoms with Gasteiger partial charge in [0.1, 0.15) is 16.9 Å². The van der Waals surface area contributed by atoms with Crippen LogP contribution in [0.3, 0.4) is 0 Å². The van der Waals surface area contributed by atoms with Crippen LogP contribution in [-0.4, -0.2) is 23.5 Å². The van der Waals surface area contributed by atoms with Crippen LogP contribution in [0.25, 0.3) is 0 Å². The Morgan fingerprint density at radius 1 is 1.00 bits per heavy atom. The molecule has 0 radical (unpaired) electrons. The zero-order valence-electron chi connectivity index (χ0n) is 5.08. The second kappa shape index (κ2) is 6.31. The summed E-state index contributed by atoms with van der Waals surface area (Å²) in [7, 11) is -1.12. The molecule has 0 heterocycles. The van der Waals surface area contributed by atoms with Crippen LogP contribution in [-0.2, 0) is 0 Å². The molecule has 0 bridgehead atoms. The van der Waals surface area contributed by atoms with Crippen LogP contribution in [0, 0.1) is 0 Å². The first-order valence-corrected chi connectivity index (χ1v) is 6.59. The highest BCUT2D eigenvalue weighted by Crippen LogP contribution is 2.57. The third kappa shape index (κ3) is 4.93. The highest BCUT2D eigenvalue weighted by Gasteiger charge is 2.27. The van der Waals surface area contributed by atoms with Gasteiger partial charge in [0.2, 0.25) is 0 Å². The summed E-state index contributed by atoms with van der Waals surface area (Å²) in [5.74, 6) is 0. The van der Waals surface area contributed by atoms with E-state index < -0.39 is 7.26 Å². The zero-order valence-corrected chi connectivity index (χ0v) is 9.00. The van der Waals surface area contributed by atoms with E-state index in [0.717, 1.165) is 0 Å². The molecule has 0 N–H and O–H groups in total. The molecule has 0 aromatic heterocycles. The van der Waals surface area contributed by atoms with E-state index in [1.54, 1.807) is 0 Å². The van der Waals surface area contributed by atoms with Crippen molar-refractivity contribution in [1.82, 2.24) is 0 Å². The van der Waals surface area contributed by atoms with Gasteiger partial charge in [-0.1, -0.05) is 34.8 Å². The van der Waals surface area contributed by atoms with Crippen molar-refractivity contribution in [1.29, 1.82) is 0 Å². The summed E-state index contributed by atoms with van der Waals surface area (Å²) in [6.45, 7) is 2.07. The van der Waals surface area contributed by atoms with Gasteiger partial charge in [0.15, 0.2) is 0 Å². The molecule has 0 aliphatic rings. The van der Waals surface area contributed by atoms with E-state index in [4.69, 9.17) is 34.8 Å². The van der Waals surface area contributed by atoms with Crippen molar-refractivity contribution in [2.24, 2.45) is 0 Å². The average Bonchev–Trinajstić information content (AvgIpc) is 1.87. The lowest BCUT2D eigenvalue weighted by Gasteiger charge is -2.11. The van der Waals surface area contributed by atoms with Crippen LogP contribution in [0.2, 0.25) is 0 Å². The summed E-state index contributed by atoms with van der Waals surface area (Å²) in [5.41, 5.74) is 1.92. The van der Waals surface area contributed by atoms with Crippen molar-refractivity contribution < 1.29 is 12.4 Å². The van der Waals surface area contributed by atoms with E-state index in [-0.39, 0.29) is 12.4 Å². The van der Waals surface area contributed by atoms with Gasteiger partial charge >= 0.3 is 0 Å². The maximum Gasteiger partial charge on any atom is 0.134 e. The Morgan fingerprint density at radius 3 is 1.22 bits per heavy atom. The Balaban J connectivity index is 0. The van der Waals surface area contributed by atoms with Crippen LogP contribution in [0.1, 0.15) is 0 Å². The van der Waals surface area contributed by atoms with E-state index in [0.29, 0.717) is 16.9 Å². The molecule has 0 saturated heterocycles. The summed E-state index contributed by atoms with van der Waals surface area (Å²) in [5, 5.41) is 0. The summed E-state index contributed by atoms with van der Waals surface area (Å²) < 4.78 is 0. The van der Waals surface area contributed by atoms with Gasteiger partial charge in [-0.15, -0.1) is 0 Å². The minimum absolute atomic E-state index is 0. The monoisotopic (exact) mass is 228 g/mol. The molecule has 0 aromatic rings. The molecule has 0 rings (SSSR count). The third-order valence-electron chi connectivity index (χ3n) is 0.866. The van der Waals surface area contributed by atoms with Gasteiger partial charge in [0.25, 0.3) is 0 Å². The van der Waals surface area contributed by atoms with Crippen molar-refractivity contribution in [3.63, 3.8) is 0 Å². The molecule has 0 nitrogen and oxygen atoms in total. The third-order valence-corrected chi connectivity index (χ3v) is 7.79. The Bertz CT molecular complexity index is 55.3. The molecule has 9 heavy (non-hydrogen) atoms. The first-order valence-electron chi connectivity index (χ1n) is 2.20. The molecule has 0 amide bonds. The van der Waals surface area contributed by atoms with Gasteiger partial charge in [-0.3, -0.25) is 0 Å². The van der Waals surface area contributed by atoms with Crippen LogP contribution in [0.4, 0.5) is 0 Å². The average molecular weight is 230 g/mol. The summed E-state index contributed by atoms with van der Waals surface area (Å²) in [6, 6.07) is 0. The number of alkyl halides is 3. The quantitative estimate of drug-likeness (QED) is 0.480. The van der Waals surface area contributed by atoms with E-state index in [2.05, 4.69) is 6.66 Å². The number of hydrogen-bond acceptors (Lipinski definition) is 0. The molecule has 0 aliphatic heterocycles. The molecule has 0 aliphatic carbocycles. The molecule has 0 saturated carbocycles. The van der Waals surface area contributed by atoms with E-state index in [1.165, 1.54) is 0 Å². The van der Waals surface area contributed by atoms with Crippen molar-refractivity contribution in [2.45, 2.75) is 0 Å². The molecule has 0 unspecified atom stereocenters. The van der Waals surface area contributed by atoms with Crippen molar-refractivity contribution >= 4 is 42.1 Å². The lowest BCUT2D eigenvalue weighted by Crippen LogP contribution is -3.00. The topological polar surface area (TPSA) is 0 Å². The maximum absolute atomic E-state index is 5.59. The smallest absolute Gasteiger partial charge is 0.134 e. The molecule has 5 heteroatoms. The Kier molecular flexibility index (Phi) is 9.25. The van der Waals surface area contributed by atoms with Crippen LogP contribution in [0.5, 0.6) is 0 Å². The first-order chi connectivity index (χ1) is 3.68. The van der Waals surface area contributed by atoms with Gasteiger partial charge in [-0.25, -0.2) is 0 Å². The highest BCUT2D eigenvalue weighted by molar-refractivity contribution is 7.79. The van der Waals surface area contributed by atoms with Crippen molar-refractivity contribution in [3.05, 3.63) is 0 Å². The number of rotatable bonds is 3. The van der Waals surface area contributed by atoms with Crippen LogP contribution < -0.4 is 12.4 Å². The maximum atomic E-state index is 5.59. The fourth-order valence-corrected chi connectivity index (χ4v) is 2.59. The Morgan fingerprint density at radius 2 is 1.22 bits per heavy atom. The zero-order chi connectivity index (χ0) is 6.62. The molecule has 0 spiro atoms. The van der Waals surface area contributed by atoms with Gasteiger partial charge in [0.05, 0.1) is 13.9 Å². The number of hydrogen-bond donors (Lipinski definition) is 0. The van der Waals surface area contributed by atoms with Crippen molar-refractivity contribution in [3.8, 4) is 0 Å². The molecule has 0 atom stereocenters. The minimum atomic E-state index is -1.12. The van der Waals surface area contributed by atoms with Gasteiger partial charge < -0.3 is 12.4 Å². The fourth-order valence-electron chi connectivity index (χ4n) is 0.0958. The predicted molar refractivity (Wildman–Crippen MR) is 45.0 cm³/mol. The van der Waals surface area contributed by atoms with Gasteiger partial charge in [-0.05, 0) is 0 Å². The summed E-state index contributed by atoms with van der Waals surface area (Å²) in [4.78, 5) is 0. The van der Waals surface area contributed by atoms with Gasteiger partial charge in [0, 0.05) is 0 Å². The fraction of sp³-hybridized carbons (Fsp3) is 1.00. The SMILES string of the molecule is C[P+](CCl)(CCl)CCl.[Cl-]. The van der Waals surface area contributed by atoms with Gasteiger partial charge in [-0.2, -0.15) is 0 Å². The van der Waals surface area contributed by atoms with Crippen molar-refractivity contribution in [2.75, 3.05) is 23.5 Å². The summed E-state index contributed by atoms with van der Waals surface area (Å²) >= 11 is 16.8. The molecule has 0 fully saturated rings. The largest absolute Gasteiger partial charge is 1.00 e. The van der Waals surface area contributed by atoms with E-state index in [9.17, 15) is 0 Å². The standard InChI is InChI=1S/C4H9Cl3P.ClH/c1-8(2-5,3-6)4-7;/h2-4H2,1H3;1H/q+1;/p-1. The molecular formula is C4H9Cl4P. The van der Waals surface area contributed by atoms with Crippen LogP contribution in [0.15, 0.2) is 0 Å². The second-order valence-electron chi connectivity index (χ2n) is 1.98. The van der Waals surface area contributed by atoms with Crippen LogP contribution >= 0.6 is 42.1 Å². The normalized spacial score (nSPS) is 10.7. The highest BCUT2D eigenvalue weighted by atomic mass is 35.5. The lowest BCUT2D eigenvalue weighted by molar-refractivity contribution is -0.00000169. The van der Waals surface area contributed by atoms with E-state index >= 15 is 0 Å². The Hall–Kier alpha value is 1.59. The Labute approximate surface area is 78.0 Å².